The average molecular weight is 300 g/mol. The Bertz CT molecular complexity index is 636. The third-order valence-electron chi connectivity index (χ3n) is 4.63. The molecule has 0 fully saturated rings. The minimum Gasteiger partial charge on any atom is -0.396 e. The molecular weight excluding hydrogens is 276 g/mol. The number of rotatable bonds is 7. The molecule has 1 aromatic carbocycles. The van der Waals surface area contributed by atoms with Crippen molar-refractivity contribution in [3.63, 3.8) is 0 Å². The molecule has 0 radical (unpaired) electrons. The zero-order valence-corrected chi connectivity index (χ0v) is 13.3. The van der Waals surface area contributed by atoms with Crippen molar-refractivity contribution in [2.75, 3.05) is 13.2 Å². The second-order valence-corrected chi connectivity index (χ2v) is 5.77. The number of aromatic nitrogens is 1. The maximum atomic E-state index is 12.4. The van der Waals surface area contributed by atoms with Crippen molar-refractivity contribution >= 4 is 16.8 Å². The molecule has 0 aliphatic heterocycles. The molecule has 0 atom stereocenters. The Balaban J connectivity index is 2.10. The molecule has 118 valence electrons. The van der Waals surface area contributed by atoms with Crippen molar-refractivity contribution in [2.24, 2.45) is 5.41 Å². The number of nitrogens with one attached hydrogen (secondary N) is 1. The predicted octanol–water partition coefficient (Wildman–Crippen LogP) is 3.15. The van der Waals surface area contributed by atoms with E-state index in [0.717, 1.165) is 23.7 Å². The lowest BCUT2D eigenvalue weighted by molar-refractivity contribution is 0.0907. The molecule has 2 rings (SSSR count). The number of nitrogens with zero attached hydrogens (tertiary/aromatic N) is 1. The highest BCUT2D eigenvalue weighted by Crippen LogP contribution is 2.29. The number of fused-ring (bicyclic) bond motifs is 1. The molecule has 0 saturated heterocycles. The minimum absolute atomic E-state index is 0.0250. The molecule has 0 saturated carbocycles. The molecule has 1 aromatic heterocycles. The molecule has 1 heterocycles. The van der Waals surface area contributed by atoms with Gasteiger partial charge in [0.1, 0.15) is 0 Å². The van der Waals surface area contributed by atoms with Crippen LogP contribution in [0, 0.1) is 5.41 Å². The second-order valence-electron chi connectivity index (χ2n) is 5.77. The van der Waals surface area contributed by atoms with Gasteiger partial charge < -0.3 is 10.4 Å². The summed E-state index contributed by atoms with van der Waals surface area (Å²) in [6.07, 6.45) is 4.33. The highest BCUT2D eigenvalue weighted by atomic mass is 16.3. The number of aliphatic hydroxyl groups excluding tert-OH is 1. The van der Waals surface area contributed by atoms with E-state index >= 15 is 0 Å². The fourth-order valence-electron chi connectivity index (χ4n) is 2.77. The molecule has 4 nitrogen and oxygen atoms in total. The van der Waals surface area contributed by atoms with Crippen molar-refractivity contribution < 1.29 is 9.90 Å². The van der Waals surface area contributed by atoms with E-state index in [0.29, 0.717) is 18.5 Å². The van der Waals surface area contributed by atoms with Gasteiger partial charge in [-0.3, -0.25) is 9.78 Å². The summed E-state index contributed by atoms with van der Waals surface area (Å²) >= 11 is 0. The summed E-state index contributed by atoms with van der Waals surface area (Å²) in [5.41, 5.74) is 1.50. The molecule has 2 N–H and O–H groups in total. The van der Waals surface area contributed by atoms with Gasteiger partial charge in [-0.15, -0.1) is 0 Å². The quantitative estimate of drug-likeness (QED) is 0.825. The number of benzene rings is 1. The number of pyridine rings is 1. The molecule has 2 aromatic rings. The summed E-state index contributed by atoms with van der Waals surface area (Å²) in [6, 6.07) is 9.35. The maximum absolute atomic E-state index is 12.4. The first-order chi connectivity index (χ1) is 10.6. The Kier molecular flexibility index (Phi) is 5.50. The fourth-order valence-corrected chi connectivity index (χ4v) is 2.77. The summed E-state index contributed by atoms with van der Waals surface area (Å²) in [7, 11) is 0. The van der Waals surface area contributed by atoms with Gasteiger partial charge in [0.2, 0.25) is 0 Å². The van der Waals surface area contributed by atoms with E-state index in [1.807, 2.05) is 24.3 Å². The molecule has 1 amide bonds. The Hall–Kier alpha value is -1.94. The van der Waals surface area contributed by atoms with Crippen LogP contribution in [0.1, 0.15) is 43.5 Å². The van der Waals surface area contributed by atoms with Crippen molar-refractivity contribution in [2.45, 2.75) is 33.1 Å². The van der Waals surface area contributed by atoms with Gasteiger partial charge in [0, 0.05) is 30.3 Å². The van der Waals surface area contributed by atoms with Crippen molar-refractivity contribution in [3.8, 4) is 0 Å². The zero-order chi connectivity index (χ0) is 16.0. The largest absolute Gasteiger partial charge is 0.396 e. The summed E-state index contributed by atoms with van der Waals surface area (Å²) in [4.78, 5) is 16.6. The minimum atomic E-state index is -0.0741. The monoisotopic (exact) mass is 300 g/mol. The van der Waals surface area contributed by atoms with Gasteiger partial charge in [-0.05, 0) is 48.9 Å². The van der Waals surface area contributed by atoms with Crippen molar-refractivity contribution in [1.82, 2.24) is 10.3 Å². The summed E-state index contributed by atoms with van der Waals surface area (Å²) < 4.78 is 0. The normalized spacial score (nSPS) is 11.6. The molecule has 0 spiro atoms. The molecule has 0 aliphatic carbocycles. The Morgan fingerprint density at radius 1 is 1.27 bits per heavy atom. The van der Waals surface area contributed by atoms with E-state index in [1.54, 1.807) is 12.3 Å². The Morgan fingerprint density at radius 3 is 2.73 bits per heavy atom. The SMILES string of the molecule is CCC(CC)(CCO)CNC(=O)c1ccc2ncccc2c1. The first-order valence-electron chi connectivity index (χ1n) is 7.88. The standard InChI is InChI=1S/C18H24N2O2/c1-3-18(4-2,9-11-21)13-20-17(22)15-7-8-16-14(12-15)6-5-10-19-16/h5-8,10,12,21H,3-4,9,11,13H2,1-2H3,(H,20,22). The van der Waals surface area contributed by atoms with Gasteiger partial charge in [0.05, 0.1) is 5.52 Å². The molecular formula is C18H24N2O2. The van der Waals surface area contributed by atoms with Crippen LogP contribution in [0.5, 0.6) is 0 Å². The molecule has 0 unspecified atom stereocenters. The lowest BCUT2D eigenvalue weighted by Crippen LogP contribution is -2.37. The first kappa shape index (κ1) is 16.4. The van der Waals surface area contributed by atoms with Gasteiger partial charge in [-0.1, -0.05) is 19.9 Å². The van der Waals surface area contributed by atoms with Crippen LogP contribution in [0.3, 0.4) is 0 Å². The second kappa shape index (κ2) is 7.36. The van der Waals surface area contributed by atoms with E-state index in [1.165, 1.54) is 0 Å². The smallest absolute Gasteiger partial charge is 0.251 e. The lowest BCUT2D eigenvalue weighted by atomic mass is 9.79. The van der Waals surface area contributed by atoms with E-state index in [-0.39, 0.29) is 17.9 Å². The van der Waals surface area contributed by atoms with Gasteiger partial charge in [0.15, 0.2) is 0 Å². The average Bonchev–Trinajstić information content (AvgIpc) is 2.58. The fraction of sp³-hybridized carbons (Fsp3) is 0.444. The molecule has 0 bridgehead atoms. The number of carbonyl (C=O) groups is 1. The highest BCUT2D eigenvalue weighted by molar-refractivity contribution is 5.97. The van der Waals surface area contributed by atoms with Crippen LogP contribution < -0.4 is 5.32 Å². The number of carbonyl (C=O) groups excluding carboxylic acids is 1. The Morgan fingerprint density at radius 2 is 2.05 bits per heavy atom. The van der Waals surface area contributed by atoms with Crippen LogP contribution in [0.4, 0.5) is 0 Å². The van der Waals surface area contributed by atoms with Crippen LogP contribution in [0.2, 0.25) is 0 Å². The molecule has 22 heavy (non-hydrogen) atoms. The van der Waals surface area contributed by atoms with E-state index < -0.39 is 0 Å². The first-order valence-corrected chi connectivity index (χ1v) is 7.88. The number of hydrogen-bond donors (Lipinski definition) is 2. The van der Waals surface area contributed by atoms with Gasteiger partial charge in [-0.2, -0.15) is 0 Å². The number of aliphatic hydroxyl groups is 1. The van der Waals surface area contributed by atoms with Gasteiger partial charge in [-0.25, -0.2) is 0 Å². The topological polar surface area (TPSA) is 62.2 Å². The van der Waals surface area contributed by atoms with Gasteiger partial charge >= 0.3 is 0 Å². The third kappa shape index (κ3) is 3.63. The van der Waals surface area contributed by atoms with Crippen LogP contribution in [0.15, 0.2) is 36.5 Å². The highest BCUT2D eigenvalue weighted by Gasteiger charge is 2.26. The van der Waals surface area contributed by atoms with E-state index in [2.05, 4.69) is 24.1 Å². The van der Waals surface area contributed by atoms with Crippen molar-refractivity contribution in [3.05, 3.63) is 42.1 Å². The molecule has 4 heteroatoms. The van der Waals surface area contributed by atoms with Crippen LogP contribution in [0.25, 0.3) is 10.9 Å². The summed E-state index contributed by atoms with van der Waals surface area (Å²) in [5.74, 6) is -0.0741. The lowest BCUT2D eigenvalue weighted by Gasteiger charge is -2.31. The molecule has 0 aliphatic rings. The van der Waals surface area contributed by atoms with Crippen LogP contribution in [-0.4, -0.2) is 29.1 Å². The van der Waals surface area contributed by atoms with E-state index in [9.17, 15) is 9.90 Å². The summed E-state index contributed by atoms with van der Waals surface area (Å²) in [5, 5.41) is 13.2. The maximum Gasteiger partial charge on any atom is 0.251 e. The van der Waals surface area contributed by atoms with Crippen LogP contribution in [-0.2, 0) is 0 Å². The summed E-state index contributed by atoms with van der Waals surface area (Å²) in [6.45, 7) is 4.95. The number of amides is 1. The predicted molar refractivity (Wildman–Crippen MR) is 88.8 cm³/mol. The third-order valence-corrected chi connectivity index (χ3v) is 4.63. The van der Waals surface area contributed by atoms with Gasteiger partial charge in [0.25, 0.3) is 5.91 Å². The number of hydrogen-bond acceptors (Lipinski definition) is 3. The van der Waals surface area contributed by atoms with Crippen LogP contribution >= 0.6 is 0 Å². The van der Waals surface area contributed by atoms with E-state index in [4.69, 9.17) is 0 Å². The van der Waals surface area contributed by atoms with Crippen molar-refractivity contribution in [1.29, 1.82) is 0 Å². The Labute approximate surface area is 131 Å². The zero-order valence-electron chi connectivity index (χ0n) is 13.3.